The first-order valence-electron chi connectivity index (χ1n) is 5.85. The highest BCUT2D eigenvalue weighted by Gasteiger charge is 2.07. The van der Waals surface area contributed by atoms with Crippen LogP contribution < -0.4 is 0 Å². The van der Waals surface area contributed by atoms with Crippen LogP contribution in [0.15, 0.2) is 53.9 Å². The van der Waals surface area contributed by atoms with E-state index in [1.54, 1.807) is 24.5 Å². The molecule has 20 heavy (non-hydrogen) atoms. The van der Waals surface area contributed by atoms with Gasteiger partial charge in [-0.05, 0) is 17.7 Å². The number of nitrogens with one attached hydrogen (secondary N) is 1. The van der Waals surface area contributed by atoms with E-state index in [-0.39, 0.29) is 0 Å². The molecular formula is C13H9N7. The van der Waals surface area contributed by atoms with Crippen LogP contribution in [0.3, 0.4) is 0 Å². The quantitative estimate of drug-likeness (QED) is 0.444. The summed E-state index contributed by atoms with van der Waals surface area (Å²) in [5, 5.41) is 10.6. The number of hydrogen-bond acceptors (Lipinski definition) is 4. The van der Waals surface area contributed by atoms with E-state index >= 15 is 0 Å². The number of aromatic nitrogens is 4. The van der Waals surface area contributed by atoms with Gasteiger partial charge in [0.25, 0.3) is 0 Å². The predicted molar refractivity (Wildman–Crippen MR) is 73.9 cm³/mol. The summed E-state index contributed by atoms with van der Waals surface area (Å²) in [6.45, 7) is 0. The normalized spacial score (nSPS) is 10.0. The van der Waals surface area contributed by atoms with Crippen LogP contribution in [-0.4, -0.2) is 20.2 Å². The van der Waals surface area contributed by atoms with E-state index in [0.717, 1.165) is 11.1 Å². The lowest BCUT2D eigenvalue weighted by atomic mass is 10.2. The van der Waals surface area contributed by atoms with Crippen LogP contribution in [-0.2, 0) is 0 Å². The third-order valence-electron chi connectivity index (χ3n) is 2.71. The zero-order valence-electron chi connectivity index (χ0n) is 10.3. The Hall–Kier alpha value is -3.18. The van der Waals surface area contributed by atoms with Gasteiger partial charge in [0.15, 0.2) is 11.6 Å². The number of azide groups is 1. The number of hydrogen-bond donors (Lipinski definition) is 1. The molecule has 0 saturated carbocycles. The SMILES string of the molecule is [N-]=[N+]=Nc1ccc(-c2nc(-c3cccnc3)n[nH]2)cc1. The molecule has 0 radical (unpaired) electrons. The minimum atomic E-state index is 0.559. The summed E-state index contributed by atoms with van der Waals surface area (Å²) in [7, 11) is 0. The third kappa shape index (κ3) is 2.33. The van der Waals surface area contributed by atoms with Crippen molar-refractivity contribution in [2.24, 2.45) is 5.11 Å². The van der Waals surface area contributed by atoms with Gasteiger partial charge < -0.3 is 0 Å². The molecule has 0 amide bonds. The van der Waals surface area contributed by atoms with Crippen molar-refractivity contribution in [2.45, 2.75) is 0 Å². The summed E-state index contributed by atoms with van der Waals surface area (Å²) in [4.78, 5) is 11.2. The predicted octanol–water partition coefficient (Wildman–Crippen LogP) is 3.48. The Balaban J connectivity index is 1.92. The third-order valence-corrected chi connectivity index (χ3v) is 2.71. The molecule has 0 aliphatic rings. The van der Waals surface area contributed by atoms with Crippen LogP contribution in [0.5, 0.6) is 0 Å². The van der Waals surface area contributed by atoms with Gasteiger partial charge in [-0.3, -0.25) is 10.1 Å². The topological polar surface area (TPSA) is 103 Å². The summed E-state index contributed by atoms with van der Waals surface area (Å²) in [6.07, 6.45) is 3.41. The van der Waals surface area contributed by atoms with Crippen LogP contribution >= 0.6 is 0 Å². The summed E-state index contributed by atoms with van der Waals surface area (Å²) in [5.41, 5.74) is 10.6. The van der Waals surface area contributed by atoms with Crippen LogP contribution in [0.4, 0.5) is 5.69 Å². The number of benzene rings is 1. The molecule has 3 aromatic rings. The zero-order chi connectivity index (χ0) is 13.8. The van der Waals surface area contributed by atoms with E-state index < -0.39 is 0 Å². The molecule has 0 saturated heterocycles. The average molecular weight is 263 g/mol. The van der Waals surface area contributed by atoms with E-state index in [2.05, 4.69) is 30.2 Å². The Morgan fingerprint density at radius 2 is 1.95 bits per heavy atom. The van der Waals surface area contributed by atoms with Crippen LogP contribution in [0.1, 0.15) is 0 Å². The number of pyridine rings is 1. The van der Waals surface area contributed by atoms with Crippen molar-refractivity contribution in [2.75, 3.05) is 0 Å². The standard InChI is InChI=1S/C13H9N7/c14-20-17-11-5-3-9(4-6-11)12-16-13(19-18-12)10-2-1-7-15-8-10/h1-8H,(H,16,18,19). The summed E-state index contributed by atoms with van der Waals surface area (Å²) in [6, 6.07) is 10.8. The second-order valence-electron chi connectivity index (χ2n) is 3.99. The molecule has 0 spiro atoms. The molecule has 96 valence electrons. The molecule has 1 N–H and O–H groups in total. The van der Waals surface area contributed by atoms with Crippen molar-refractivity contribution in [1.82, 2.24) is 20.2 Å². The molecule has 0 unspecified atom stereocenters. The molecule has 0 atom stereocenters. The Morgan fingerprint density at radius 3 is 2.65 bits per heavy atom. The minimum absolute atomic E-state index is 0.559. The van der Waals surface area contributed by atoms with Crippen LogP contribution in [0.25, 0.3) is 33.2 Å². The Kier molecular flexibility index (Phi) is 3.10. The molecule has 0 aliphatic heterocycles. The Morgan fingerprint density at radius 1 is 1.10 bits per heavy atom. The van der Waals surface area contributed by atoms with Gasteiger partial charge in [0.1, 0.15) is 0 Å². The number of H-pyrrole nitrogens is 1. The lowest BCUT2D eigenvalue weighted by Gasteiger charge is -1.96. The molecule has 0 fully saturated rings. The lowest BCUT2D eigenvalue weighted by Crippen LogP contribution is -1.81. The van der Waals surface area contributed by atoms with Gasteiger partial charge in [-0.25, -0.2) is 4.98 Å². The lowest BCUT2D eigenvalue weighted by molar-refractivity contribution is 1.10. The average Bonchev–Trinajstić information content (AvgIpc) is 2.99. The summed E-state index contributed by atoms with van der Waals surface area (Å²) < 4.78 is 0. The van der Waals surface area contributed by atoms with E-state index in [1.807, 2.05) is 24.3 Å². The van der Waals surface area contributed by atoms with Crippen molar-refractivity contribution >= 4 is 5.69 Å². The van der Waals surface area contributed by atoms with Gasteiger partial charge in [-0.15, -0.1) is 0 Å². The monoisotopic (exact) mass is 263 g/mol. The van der Waals surface area contributed by atoms with Crippen molar-refractivity contribution in [1.29, 1.82) is 0 Å². The van der Waals surface area contributed by atoms with E-state index in [4.69, 9.17) is 5.53 Å². The molecule has 2 aromatic heterocycles. The van der Waals surface area contributed by atoms with E-state index in [0.29, 0.717) is 17.3 Å². The van der Waals surface area contributed by atoms with Crippen molar-refractivity contribution in [3.8, 4) is 22.8 Å². The van der Waals surface area contributed by atoms with E-state index in [1.165, 1.54) is 0 Å². The fourth-order valence-corrected chi connectivity index (χ4v) is 1.75. The molecule has 2 heterocycles. The zero-order valence-corrected chi connectivity index (χ0v) is 10.3. The van der Waals surface area contributed by atoms with Crippen molar-refractivity contribution in [3.05, 3.63) is 59.2 Å². The van der Waals surface area contributed by atoms with Gasteiger partial charge >= 0.3 is 0 Å². The number of rotatable bonds is 3. The second kappa shape index (κ2) is 5.21. The molecule has 0 aliphatic carbocycles. The van der Waals surface area contributed by atoms with Crippen LogP contribution in [0, 0.1) is 0 Å². The van der Waals surface area contributed by atoms with Gasteiger partial charge in [0.05, 0.1) is 0 Å². The molecular weight excluding hydrogens is 254 g/mol. The van der Waals surface area contributed by atoms with Crippen molar-refractivity contribution < 1.29 is 0 Å². The largest absolute Gasteiger partial charge is 0.264 e. The minimum Gasteiger partial charge on any atom is -0.264 e. The fourth-order valence-electron chi connectivity index (χ4n) is 1.75. The first kappa shape index (κ1) is 11.9. The van der Waals surface area contributed by atoms with Gasteiger partial charge in [0.2, 0.25) is 0 Å². The smallest absolute Gasteiger partial charge is 0.183 e. The highest BCUT2D eigenvalue weighted by atomic mass is 15.2. The number of nitrogens with zero attached hydrogens (tertiary/aromatic N) is 6. The second-order valence-corrected chi connectivity index (χ2v) is 3.99. The van der Waals surface area contributed by atoms with E-state index in [9.17, 15) is 0 Å². The maximum Gasteiger partial charge on any atom is 0.183 e. The van der Waals surface area contributed by atoms with Crippen LogP contribution in [0.2, 0.25) is 0 Å². The number of aromatic amines is 1. The van der Waals surface area contributed by atoms with Gasteiger partial charge in [-0.2, -0.15) is 5.10 Å². The first-order chi connectivity index (χ1) is 9.86. The highest BCUT2D eigenvalue weighted by Crippen LogP contribution is 2.22. The maximum atomic E-state index is 8.36. The maximum absolute atomic E-state index is 8.36. The van der Waals surface area contributed by atoms with Gasteiger partial charge in [0, 0.05) is 34.1 Å². The Bertz CT molecular complexity index is 755. The molecule has 0 bridgehead atoms. The van der Waals surface area contributed by atoms with Crippen molar-refractivity contribution in [3.63, 3.8) is 0 Å². The molecule has 3 rings (SSSR count). The Labute approximate surface area is 114 Å². The summed E-state index contributed by atoms with van der Waals surface area (Å²) >= 11 is 0. The highest BCUT2D eigenvalue weighted by molar-refractivity contribution is 5.62. The fraction of sp³-hybridized carbons (Fsp3) is 0. The summed E-state index contributed by atoms with van der Waals surface area (Å²) in [5.74, 6) is 1.24. The molecule has 1 aromatic carbocycles. The van der Waals surface area contributed by atoms with Gasteiger partial charge in [-0.1, -0.05) is 29.4 Å². The molecule has 7 nitrogen and oxygen atoms in total. The molecule has 7 heteroatoms. The first-order valence-corrected chi connectivity index (χ1v) is 5.85.